The fourth-order valence-electron chi connectivity index (χ4n) is 5.31. The highest BCUT2D eigenvalue weighted by Crippen LogP contribution is 2.42. The van der Waals surface area contributed by atoms with E-state index in [1.165, 1.54) is 33.3 Å². The van der Waals surface area contributed by atoms with E-state index in [4.69, 9.17) is 23.7 Å². The van der Waals surface area contributed by atoms with Crippen molar-refractivity contribution in [3.63, 3.8) is 0 Å². The molecule has 10 nitrogen and oxygen atoms in total. The molecule has 2 aliphatic heterocycles. The van der Waals surface area contributed by atoms with Crippen molar-refractivity contribution < 1.29 is 47.1 Å². The largest absolute Gasteiger partial charge is 0.463 e. The normalized spacial score (nSPS) is 26.9. The van der Waals surface area contributed by atoms with Crippen LogP contribution in [0, 0.1) is 0 Å². The van der Waals surface area contributed by atoms with Crippen molar-refractivity contribution >= 4 is 34.7 Å². The second-order valence-electron chi connectivity index (χ2n) is 10.1. The van der Waals surface area contributed by atoms with Gasteiger partial charge in [0.05, 0.1) is 10.8 Å². The molecule has 0 radical (unpaired) electrons. The fraction of sp³-hybridized carbons (Fsp3) is 0.467. The van der Waals surface area contributed by atoms with Gasteiger partial charge in [-0.25, -0.2) is 0 Å². The predicted octanol–water partition coefficient (Wildman–Crippen LogP) is 3.30. The number of aryl methyl sites for hydroxylation is 1. The monoisotopic (exact) mass is 586 g/mol. The molecule has 0 bridgehead atoms. The Morgan fingerprint density at radius 2 is 1.39 bits per heavy atom. The van der Waals surface area contributed by atoms with Crippen LogP contribution in [0.5, 0.6) is 0 Å². The van der Waals surface area contributed by atoms with Gasteiger partial charge in [0.25, 0.3) is 0 Å². The summed E-state index contributed by atoms with van der Waals surface area (Å²) in [4.78, 5) is 48.7. The number of fused-ring (bicyclic) bond motifs is 1. The number of hydrogen-bond donors (Lipinski definition) is 0. The molecule has 1 fully saturated rings. The number of carbonyl (C=O) groups excluding carboxylic acids is 4. The van der Waals surface area contributed by atoms with Crippen LogP contribution in [0.25, 0.3) is 0 Å². The first kappa shape index (κ1) is 30.4. The van der Waals surface area contributed by atoms with E-state index in [9.17, 15) is 23.4 Å². The summed E-state index contributed by atoms with van der Waals surface area (Å²) < 4.78 is 41.2. The SMILES string of the molecule is CCc1ccc([C@@H]2CS(=O)c3ccc(C4OC(COC(C)=O)C(OC(C)=O)C(OC(C)=O)C4OC(C)=O)cc32)cc1. The summed E-state index contributed by atoms with van der Waals surface area (Å²) in [5, 5.41) is 0. The van der Waals surface area contributed by atoms with E-state index in [2.05, 4.69) is 19.1 Å². The Hall–Kier alpha value is -3.57. The molecule has 220 valence electrons. The lowest BCUT2D eigenvalue weighted by atomic mass is 9.87. The second kappa shape index (κ2) is 12.9. The van der Waals surface area contributed by atoms with Gasteiger partial charge < -0.3 is 23.7 Å². The minimum atomic E-state index is -1.26. The predicted molar refractivity (Wildman–Crippen MR) is 146 cm³/mol. The summed E-state index contributed by atoms with van der Waals surface area (Å²) in [6.45, 7) is 6.55. The molecule has 0 spiro atoms. The number of benzene rings is 2. The third-order valence-electron chi connectivity index (χ3n) is 7.08. The van der Waals surface area contributed by atoms with Crippen molar-refractivity contribution in [3.8, 4) is 0 Å². The van der Waals surface area contributed by atoms with Crippen LogP contribution >= 0.6 is 0 Å². The van der Waals surface area contributed by atoms with Gasteiger partial charge in [0.2, 0.25) is 0 Å². The molecular weight excluding hydrogens is 552 g/mol. The van der Waals surface area contributed by atoms with Crippen LogP contribution < -0.4 is 0 Å². The van der Waals surface area contributed by atoms with Crippen molar-refractivity contribution in [2.24, 2.45) is 0 Å². The van der Waals surface area contributed by atoms with Gasteiger partial charge in [-0.15, -0.1) is 0 Å². The average Bonchev–Trinajstić information content (AvgIpc) is 3.24. The Morgan fingerprint density at radius 3 is 1.98 bits per heavy atom. The lowest BCUT2D eigenvalue weighted by Crippen LogP contribution is -2.59. The third-order valence-corrected chi connectivity index (χ3v) is 8.58. The summed E-state index contributed by atoms with van der Waals surface area (Å²) in [7, 11) is -1.22. The summed E-state index contributed by atoms with van der Waals surface area (Å²) in [6, 6.07) is 13.5. The van der Waals surface area contributed by atoms with Gasteiger partial charge in [-0.1, -0.05) is 43.3 Å². The molecule has 0 N–H and O–H groups in total. The van der Waals surface area contributed by atoms with Crippen molar-refractivity contribution in [3.05, 3.63) is 64.7 Å². The van der Waals surface area contributed by atoms with Crippen molar-refractivity contribution in [2.45, 2.75) is 82.4 Å². The highest BCUT2D eigenvalue weighted by molar-refractivity contribution is 7.85. The summed E-state index contributed by atoms with van der Waals surface area (Å²) >= 11 is 0. The molecular formula is C30H34O10S. The third kappa shape index (κ3) is 7.02. The Morgan fingerprint density at radius 1 is 0.805 bits per heavy atom. The van der Waals surface area contributed by atoms with Gasteiger partial charge in [0, 0.05) is 44.3 Å². The van der Waals surface area contributed by atoms with Gasteiger partial charge in [-0.3, -0.25) is 23.4 Å². The Balaban J connectivity index is 1.79. The molecule has 6 unspecified atom stereocenters. The van der Waals surface area contributed by atoms with E-state index in [0.29, 0.717) is 16.2 Å². The first-order valence-corrected chi connectivity index (χ1v) is 14.7. The molecule has 0 saturated carbocycles. The molecule has 4 rings (SSSR count). The Labute approximate surface area is 241 Å². The maximum Gasteiger partial charge on any atom is 0.303 e. The van der Waals surface area contributed by atoms with Crippen molar-refractivity contribution in [1.82, 2.24) is 0 Å². The topological polar surface area (TPSA) is 132 Å². The molecule has 11 heteroatoms. The zero-order valence-electron chi connectivity index (χ0n) is 23.6. The Bertz CT molecular complexity index is 1340. The molecule has 0 aliphatic carbocycles. The molecule has 2 aromatic rings. The molecule has 1 saturated heterocycles. The van der Waals surface area contributed by atoms with E-state index in [1.54, 1.807) is 12.1 Å². The van der Waals surface area contributed by atoms with Crippen LogP contribution in [0.3, 0.4) is 0 Å². The van der Waals surface area contributed by atoms with Gasteiger partial charge in [-0.05, 0) is 34.7 Å². The number of esters is 4. The quantitative estimate of drug-likeness (QED) is 0.335. The maximum absolute atomic E-state index is 13.0. The van der Waals surface area contributed by atoms with E-state index in [0.717, 1.165) is 17.5 Å². The van der Waals surface area contributed by atoms with E-state index < -0.39 is 65.2 Å². The van der Waals surface area contributed by atoms with Gasteiger partial charge in [-0.2, -0.15) is 0 Å². The van der Waals surface area contributed by atoms with Gasteiger partial charge in [0.15, 0.2) is 18.3 Å². The van der Waals surface area contributed by atoms with Gasteiger partial charge in [0.1, 0.15) is 18.8 Å². The maximum atomic E-state index is 13.0. The van der Waals surface area contributed by atoms with E-state index in [-0.39, 0.29) is 12.5 Å². The molecule has 7 atom stereocenters. The van der Waals surface area contributed by atoms with Gasteiger partial charge >= 0.3 is 23.9 Å². The fourth-order valence-corrected chi connectivity index (χ4v) is 6.85. The lowest BCUT2D eigenvalue weighted by Gasteiger charge is -2.44. The van der Waals surface area contributed by atoms with E-state index >= 15 is 0 Å². The molecule has 2 aliphatic rings. The number of hydrogen-bond acceptors (Lipinski definition) is 10. The van der Waals surface area contributed by atoms with Crippen LogP contribution in [-0.4, -0.2) is 64.9 Å². The first-order valence-electron chi connectivity index (χ1n) is 13.4. The minimum Gasteiger partial charge on any atom is -0.463 e. The highest BCUT2D eigenvalue weighted by atomic mass is 32.2. The Kier molecular flexibility index (Phi) is 9.60. The van der Waals surface area contributed by atoms with Crippen LogP contribution in [0.4, 0.5) is 0 Å². The summed E-state index contributed by atoms with van der Waals surface area (Å²) in [5.74, 6) is -2.37. The molecule has 0 aromatic heterocycles. The standard InChI is InChI=1S/C30H34O10S/c1-6-20-7-9-21(10-8-20)24-15-41(35)26-12-11-22(13-23(24)26)27-29(38-18(4)33)30(39-19(5)34)28(37-17(3)32)25(40-27)14-36-16(2)31/h7-13,24-25,27-30H,6,14-15H2,1-5H3/t24-,25?,27?,28?,29?,30?,41?/m0/s1. The molecule has 41 heavy (non-hydrogen) atoms. The van der Waals surface area contributed by atoms with Crippen LogP contribution in [0.15, 0.2) is 47.4 Å². The second-order valence-corrected chi connectivity index (χ2v) is 11.5. The zero-order chi connectivity index (χ0) is 29.8. The number of rotatable bonds is 8. The smallest absolute Gasteiger partial charge is 0.303 e. The van der Waals surface area contributed by atoms with Crippen LogP contribution in [0.2, 0.25) is 0 Å². The van der Waals surface area contributed by atoms with Crippen LogP contribution in [-0.2, 0) is 60.1 Å². The minimum absolute atomic E-state index is 0.137. The van der Waals surface area contributed by atoms with Crippen molar-refractivity contribution in [2.75, 3.05) is 12.4 Å². The average molecular weight is 587 g/mol. The zero-order valence-corrected chi connectivity index (χ0v) is 24.4. The van der Waals surface area contributed by atoms with Crippen LogP contribution in [0.1, 0.15) is 68.9 Å². The molecule has 2 aromatic carbocycles. The van der Waals surface area contributed by atoms with Crippen molar-refractivity contribution in [1.29, 1.82) is 0 Å². The lowest BCUT2D eigenvalue weighted by molar-refractivity contribution is -0.254. The highest BCUT2D eigenvalue weighted by Gasteiger charge is 2.52. The summed E-state index contributed by atoms with van der Waals surface area (Å²) in [6.07, 6.45) is -4.86. The molecule has 2 heterocycles. The molecule has 0 amide bonds. The summed E-state index contributed by atoms with van der Waals surface area (Å²) in [5.41, 5.74) is 3.63. The number of ether oxygens (including phenoxy) is 5. The number of carbonyl (C=O) groups is 4. The van der Waals surface area contributed by atoms with E-state index in [1.807, 2.05) is 18.2 Å². The first-order chi connectivity index (χ1) is 19.5.